The number of carbonyl (C=O) groups excluding carboxylic acids is 2. The molecule has 27 heavy (non-hydrogen) atoms. The monoisotopic (exact) mass is 396 g/mol. The van der Waals surface area contributed by atoms with E-state index in [2.05, 4.69) is 5.32 Å². The first kappa shape index (κ1) is 20.6. The minimum atomic E-state index is -0.873. The van der Waals surface area contributed by atoms with E-state index < -0.39 is 23.2 Å². The van der Waals surface area contributed by atoms with Crippen LogP contribution in [0.5, 0.6) is 5.75 Å². The molecule has 0 saturated carbocycles. The molecule has 0 spiro atoms. The summed E-state index contributed by atoms with van der Waals surface area (Å²) in [5.41, 5.74) is 0.671. The Hall–Kier alpha value is -2.67. The molecule has 0 saturated heterocycles. The molecule has 0 radical (unpaired) electrons. The van der Waals surface area contributed by atoms with Crippen molar-refractivity contribution >= 4 is 34.8 Å². The first-order valence-electron chi connectivity index (χ1n) is 8.10. The summed E-state index contributed by atoms with van der Waals surface area (Å²) in [6.45, 7) is 3.11. The molecule has 0 aliphatic carbocycles. The lowest BCUT2D eigenvalue weighted by molar-refractivity contribution is -0.117. The lowest BCUT2D eigenvalue weighted by Crippen LogP contribution is -2.32. The van der Waals surface area contributed by atoms with E-state index in [1.807, 2.05) is 0 Å². The van der Waals surface area contributed by atoms with Crippen LogP contribution in [0.25, 0.3) is 0 Å². The maximum atomic E-state index is 13.6. The Balaban J connectivity index is 2.17. The molecule has 144 valence electrons. The Bertz CT molecular complexity index is 854. The van der Waals surface area contributed by atoms with Crippen LogP contribution < -0.4 is 15.0 Å². The van der Waals surface area contributed by atoms with E-state index in [4.69, 9.17) is 16.3 Å². The van der Waals surface area contributed by atoms with Gasteiger partial charge in [-0.3, -0.25) is 9.59 Å². The van der Waals surface area contributed by atoms with Crippen molar-refractivity contribution in [3.8, 4) is 5.75 Å². The SMILES string of the molecule is COc1cc(Cl)c(C)cc1N(CCC(=O)Nc1c(F)cccc1F)C(C)=O. The zero-order chi connectivity index (χ0) is 20.1. The van der Waals surface area contributed by atoms with E-state index in [9.17, 15) is 18.4 Å². The van der Waals surface area contributed by atoms with Gasteiger partial charge < -0.3 is 15.0 Å². The summed E-state index contributed by atoms with van der Waals surface area (Å²) in [6.07, 6.45) is -0.168. The number of amides is 2. The summed E-state index contributed by atoms with van der Waals surface area (Å²) in [5.74, 6) is -2.32. The van der Waals surface area contributed by atoms with Crippen LogP contribution in [0, 0.1) is 18.6 Å². The predicted octanol–water partition coefficient (Wildman–Crippen LogP) is 4.32. The van der Waals surface area contributed by atoms with Gasteiger partial charge in [-0.15, -0.1) is 0 Å². The molecule has 0 atom stereocenters. The zero-order valence-corrected chi connectivity index (χ0v) is 15.9. The average Bonchev–Trinajstić information content (AvgIpc) is 2.60. The van der Waals surface area contributed by atoms with Crippen LogP contribution in [0.1, 0.15) is 18.9 Å². The van der Waals surface area contributed by atoms with E-state index in [1.165, 1.54) is 25.0 Å². The van der Waals surface area contributed by atoms with Crippen molar-refractivity contribution in [1.29, 1.82) is 0 Å². The Morgan fingerprint density at radius 3 is 2.41 bits per heavy atom. The minimum Gasteiger partial charge on any atom is -0.495 e. The molecule has 2 rings (SSSR count). The number of benzene rings is 2. The van der Waals surface area contributed by atoms with Crippen molar-refractivity contribution in [2.75, 3.05) is 23.9 Å². The summed E-state index contributed by atoms with van der Waals surface area (Å²) >= 11 is 6.08. The maximum absolute atomic E-state index is 13.6. The number of nitrogens with one attached hydrogen (secondary N) is 1. The molecule has 1 N–H and O–H groups in total. The first-order chi connectivity index (χ1) is 12.7. The van der Waals surface area contributed by atoms with Crippen molar-refractivity contribution in [1.82, 2.24) is 0 Å². The molecule has 0 heterocycles. The fourth-order valence-electron chi connectivity index (χ4n) is 2.50. The summed E-state index contributed by atoms with van der Waals surface area (Å²) in [4.78, 5) is 25.5. The number of hydrogen-bond donors (Lipinski definition) is 1. The van der Waals surface area contributed by atoms with E-state index in [0.29, 0.717) is 16.5 Å². The second kappa shape index (κ2) is 8.81. The molecule has 0 bridgehead atoms. The van der Waals surface area contributed by atoms with E-state index in [0.717, 1.165) is 17.7 Å². The lowest BCUT2D eigenvalue weighted by Gasteiger charge is -2.24. The number of rotatable bonds is 6. The predicted molar refractivity (Wildman–Crippen MR) is 100 cm³/mol. The standard InChI is InChI=1S/C19H19ClF2N2O3/c1-11-9-16(17(27-3)10-13(11)20)24(12(2)25)8-7-18(26)23-19-14(21)5-4-6-15(19)22/h4-6,9-10H,7-8H2,1-3H3,(H,23,26). The van der Waals surface area contributed by atoms with Gasteiger partial charge in [-0.2, -0.15) is 0 Å². The Kier molecular flexibility index (Phi) is 6.74. The fraction of sp³-hybridized carbons (Fsp3) is 0.263. The molecular formula is C19H19ClF2N2O3. The zero-order valence-electron chi connectivity index (χ0n) is 15.1. The first-order valence-corrected chi connectivity index (χ1v) is 8.48. The number of ether oxygens (including phenoxy) is 1. The van der Waals surface area contributed by atoms with Crippen LogP contribution in [-0.2, 0) is 9.59 Å². The van der Waals surface area contributed by atoms with Crippen LogP contribution >= 0.6 is 11.6 Å². The molecule has 2 aromatic rings. The molecule has 0 aliphatic rings. The van der Waals surface area contributed by atoms with Gasteiger partial charge in [0.15, 0.2) is 0 Å². The fourth-order valence-corrected chi connectivity index (χ4v) is 2.66. The van der Waals surface area contributed by atoms with Gasteiger partial charge in [0.1, 0.15) is 23.1 Å². The molecule has 2 amide bonds. The summed E-state index contributed by atoms with van der Waals surface area (Å²) in [6, 6.07) is 6.55. The number of hydrogen-bond acceptors (Lipinski definition) is 3. The number of carbonyl (C=O) groups is 2. The van der Waals surface area contributed by atoms with Gasteiger partial charge in [-0.25, -0.2) is 8.78 Å². The smallest absolute Gasteiger partial charge is 0.226 e. The molecular weight excluding hydrogens is 378 g/mol. The topological polar surface area (TPSA) is 58.6 Å². The lowest BCUT2D eigenvalue weighted by atomic mass is 10.1. The molecule has 0 unspecified atom stereocenters. The molecule has 0 aliphatic heterocycles. The molecule has 0 fully saturated rings. The van der Waals surface area contributed by atoms with Gasteiger partial charge in [0.05, 0.1) is 12.8 Å². The summed E-state index contributed by atoms with van der Waals surface area (Å²) < 4.78 is 32.5. The minimum absolute atomic E-state index is 0.00529. The largest absolute Gasteiger partial charge is 0.495 e. The summed E-state index contributed by atoms with van der Waals surface area (Å²) in [7, 11) is 1.44. The van der Waals surface area contributed by atoms with E-state index in [1.54, 1.807) is 19.1 Å². The van der Waals surface area contributed by atoms with Crippen molar-refractivity contribution in [2.45, 2.75) is 20.3 Å². The van der Waals surface area contributed by atoms with Crippen LogP contribution in [0.3, 0.4) is 0 Å². The van der Waals surface area contributed by atoms with Crippen molar-refractivity contribution in [3.05, 3.63) is 52.6 Å². The molecule has 5 nitrogen and oxygen atoms in total. The summed E-state index contributed by atoms with van der Waals surface area (Å²) in [5, 5.41) is 2.67. The number of para-hydroxylation sites is 1. The Labute approximate surface area is 160 Å². The molecule has 2 aromatic carbocycles. The highest BCUT2D eigenvalue weighted by Gasteiger charge is 2.20. The Morgan fingerprint density at radius 1 is 1.22 bits per heavy atom. The highest BCUT2D eigenvalue weighted by Crippen LogP contribution is 2.34. The van der Waals surface area contributed by atoms with Crippen LogP contribution in [-0.4, -0.2) is 25.5 Å². The van der Waals surface area contributed by atoms with Crippen molar-refractivity contribution < 1.29 is 23.1 Å². The van der Waals surface area contributed by atoms with Gasteiger partial charge in [0.25, 0.3) is 0 Å². The van der Waals surface area contributed by atoms with Gasteiger partial charge in [-0.05, 0) is 30.7 Å². The van der Waals surface area contributed by atoms with E-state index in [-0.39, 0.29) is 18.9 Å². The van der Waals surface area contributed by atoms with Gasteiger partial charge >= 0.3 is 0 Å². The van der Waals surface area contributed by atoms with Crippen molar-refractivity contribution in [2.24, 2.45) is 0 Å². The van der Waals surface area contributed by atoms with Crippen LogP contribution in [0.4, 0.5) is 20.2 Å². The quantitative estimate of drug-likeness (QED) is 0.791. The van der Waals surface area contributed by atoms with Gasteiger partial charge in [0.2, 0.25) is 11.8 Å². The average molecular weight is 397 g/mol. The molecule has 0 aromatic heterocycles. The van der Waals surface area contributed by atoms with E-state index >= 15 is 0 Å². The third kappa shape index (κ3) is 4.95. The van der Waals surface area contributed by atoms with Crippen LogP contribution in [0.15, 0.2) is 30.3 Å². The van der Waals surface area contributed by atoms with Gasteiger partial charge in [-0.1, -0.05) is 17.7 Å². The second-order valence-electron chi connectivity index (χ2n) is 5.84. The normalized spacial score (nSPS) is 10.4. The third-order valence-electron chi connectivity index (χ3n) is 3.92. The number of halogens is 3. The number of aryl methyl sites for hydroxylation is 1. The maximum Gasteiger partial charge on any atom is 0.226 e. The number of anilines is 2. The second-order valence-corrected chi connectivity index (χ2v) is 6.25. The van der Waals surface area contributed by atoms with Gasteiger partial charge in [0, 0.05) is 31.0 Å². The molecule has 8 heteroatoms. The highest BCUT2D eigenvalue weighted by molar-refractivity contribution is 6.31. The third-order valence-corrected chi connectivity index (χ3v) is 4.33. The van der Waals surface area contributed by atoms with Crippen LogP contribution in [0.2, 0.25) is 5.02 Å². The number of methoxy groups -OCH3 is 1. The highest BCUT2D eigenvalue weighted by atomic mass is 35.5. The number of nitrogens with zero attached hydrogens (tertiary/aromatic N) is 1. The Morgan fingerprint density at radius 2 is 1.85 bits per heavy atom. The van der Waals surface area contributed by atoms with Crippen molar-refractivity contribution in [3.63, 3.8) is 0 Å².